The van der Waals surface area contributed by atoms with Crippen molar-refractivity contribution in [3.63, 3.8) is 0 Å². The van der Waals surface area contributed by atoms with Gasteiger partial charge in [-0.3, -0.25) is 9.59 Å². The lowest BCUT2D eigenvalue weighted by Crippen LogP contribution is -2.30. The predicted molar refractivity (Wildman–Crippen MR) is 73.0 cm³/mol. The van der Waals surface area contributed by atoms with Crippen LogP contribution >= 0.6 is 0 Å². The molecule has 0 aromatic heterocycles. The molecule has 1 aromatic rings. The first-order chi connectivity index (χ1) is 9.63. The predicted octanol–water partition coefficient (Wildman–Crippen LogP) is 1.45. The van der Waals surface area contributed by atoms with Gasteiger partial charge in [0, 0.05) is 13.0 Å². The summed E-state index contributed by atoms with van der Waals surface area (Å²) in [6, 6.07) is 7.11. The van der Waals surface area contributed by atoms with E-state index in [0.717, 1.165) is 0 Å². The van der Waals surface area contributed by atoms with Crippen LogP contribution in [0, 0.1) is 0 Å². The molecule has 0 unspecified atom stereocenters. The van der Waals surface area contributed by atoms with Gasteiger partial charge in [-0.25, -0.2) is 0 Å². The average Bonchev–Trinajstić information content (AvgIpc) is 2.43. The molecule has 0 saturated heterocycles. The Morgan fingerprint density at radius 3 is 2.45 bits per heavy atom. The molecule has 0 spiro atoms. The van der Waals surface area contributed by atoms with E-state index in [9.17, 15) is 9.59 Å². The molecule has 0 atom stereocenters. The van der Waals surface area contributed by atoms with Crippen LogP contribution in [0.2, 0.25) is 0 Å². The number of para-hydroxylation sites is 2. The second kappa shape index (κ2) is 8.79. The van der Waals surface area contributed by atoms with E-state index in [0.29, 0.717) is 31.1 Å². The molecule has 0 heterocycles. The highest BCUT2D eigenvalue weighted by molar-refractivity contribution is 5.77. The van der Waals surface area contributed by atoms with E-state index in [1.807, 2.05) is 13.0 Å². The average molecular weight is 281 g/mol. The SMILES string of the molecule is CCOc1ccccc1OCC(=O)NCCCC(=O)O. The van der Waals surface area contributed by atoms with Crippen LogP contribution in [0.5, 0.6) is 11.5 Å². The van der Waals surface area contributed by atoms with Crippen LogP contribution in [0.15, 0.2) is 24.3 Å². The van der Waals surface area contributed by atoms with Gasteiger partial charge in [0.1, 0.15) is 0 Å². The molecule has 0 saturated carbocycles. The lowest BCUT2D eigenvalue weighted by molar-refractivity contribution is -0.137. The van der Waals surface area contributed by atoms with Crippen molar-refractivity contribution in [3.8, 4) is 11.5 Å². The van der Waals surface area contributed by atoms with Gasteiger partial charge < -0.3 is 19.9 Å². The van der Waals surface area contributed by atoms with E-state index in [1.165, 1.54) is 0 Å². The van der Waals surface area contributed by atoms with Crippen molar-refractivity contribution >= 4 is 11.9 Å². The number of amides is 1. The Labute approximate surface area is 117 Å². The Morgan fingerprint density at radius 1 is 1.20 bits per heavy atom. The third-order valence-corrected chi connectivity index (χ3v) is 2.40. The molecule has 20 heavy (non-hydrogen) atoms. The number of aliphatic carboxylic acids is 1. The minimum atomic E-state index is -0.874. The van der Waals surface area contributed by atoms with Gasteiger partial charge >= 0.3 is 5.97 Å². The number of benzene rings is 1. The van der Waals surface area contributed by atoms with Crippen LogP contribution in [0.1, 0.15) is 19.8 Å². The van der Waals surface area contributed by atoms with Gasteiger partial charge in [0.25, 0.3) is 5.91 Å². The first-order valence-corrected chi connectivity index (χ1v) is 6.46. The summed E-state index contributed by atoms with van der Waals surface area (Å²) < 4.78 is 10.7. The third-order valence-electron chi connectivity index (χ3n) is 2.40. The zero-order chi connectivity index (χ0) is 14.8. The molecule has 1 rings (SSSR count). The highest BCUT2D eigenvalue weighted by Crippen LogP contribution is 2.26. The summed E-state index contributed by atoms with van der Waals surface area (Å²) in [5, 5.41) is 11.1. The summed E-state index contributed by atoms with van der Waals surface area (Å²) in [4.78, 5) is 21.8. The molecule has 0 aliphatic heterocycles. The summed E-state index contributed by atoms with van der Waals surface area (Å²) in [6.07, 6.45) is 0.435. The maximum Gasteiger partial charge on any atom is 0.303 e. The van der Waals surface area contributed by atoms with E-state index in [-0.39, 0.29) is 18.9 Å². The van der Waals surface area contributed by atoms with Crippen molar-refractivity contribution in [3.05, 3.63) is 24.3 Å². The van der Waals surface area contributed by atoms with E-state index in [2.05, 4.69) is 5.32 Å². The zero-order valence-corrected chi connectivity index (χ0v) is 11.4. The smallest absolute Gasteiger partial charge is 0.303 e. The quantitative estimate of drug-likeness (QED) is 0.669. The van der Waals surface area contributed by atoms with Crippen LogP contribution in [0.4, 0.5) is 0 Å². The first kappa shape index (κ1) is 15.8. The number of carbonyl (C=O) groups is 2. The van der Waals surface area contributed by atoms with Gasteiger partial charge in [-0.05, 0) is 25.5 Å². The number of nitrogens with one attached hydrogen (secondary N) is 1. The largest absolute Gasteiger partial charge is 0.490 e. The van der Waals surface area contributed by atoms with E-state index < -0.39 is 5.97 Å². The maximum absolute atomic E-state index is 11.5. The molecular weight excluding hydrogens is 262 g/mol. The van der Waals surface area contributed by atoms with E-state index in [4.69, 9.17) is 14.6 Å². The molecule has 0 fully saturated rings. The lowest BCUT2D eigenvalue weighted by atomic mass is 10.3. The number of ether oxygens (including phenoxy) is 2. The Balaban J connectivity index is 2.32. The van der Waals surface area contributed by atoms with Crippen LogP contribution in [0.25, 0.3) is 0 Å². The minimum absolute atomic E-state index is 0.0360. The monoisotopic (exact) mass is 281 g/mol. The first-order valence-electron chi connectivity index (χ1n) is 6.46. The van der Waals surface area contributed by atoms with Crippen LogP contribution in [-0.2, 0) is 9.59 Å². The lowest BCUT2D eigenvalue weighted by Gasteiger charge is -2.11. The fourth-order valence-electron chi connectivity index (χ4n) is 1.51. The normalized spacial score (nSPS) is 9.85. The van der Waals surface area contributed by atoms with Crippen LogP contribution in [0.3, 0.4) is 0 Å². The Hall–Kier alpha value is -2.24. The Bertz CT molecular complexity index is 447. The van der Waals surface area contributed by atoms with Gasteiger partial charge in [-0.2, -0.15) is 0 Å². The van der Waals surface area contributed by atoms with Crippen LogP contribution in [-0.4, -0.2) is 36.7 Å². The van der Waals surface area contributed by atoms with E-state index >= 15 is 0 Å². The highest BCUT2D eigenvalue weighted by atomic mass is 16.5. The second-order valence-electron chi connectivity index (χ2n) is 4.02. The third kappa shape index (κ3) is 6.08. The number of carboxylic acids is 1. The topological polar surface area (TPSA) is 84.9 Å². The molecule has 1 aromatic carbocycles. The zero-order valence-electron chi connectivity index (χ0n) is 11.4. The standard InChI is InChI=1S/C14H19NO5/c1-2-19-11-6-3-4-7-12(11)20-10-13(16)15-9-5-8-14(17)18/h3-4,6-7H,2,5,8-10H2,1H3,(H,15,16)(H,17,18). The molecule has 6 heteroatoms. The molecule has 0 bridgehead atoms. The summed E-state index contributed by atoms with van der Waals surface area (Å²) in [5.41, 5.74) is 0. The molecular formula is C14H19NO5. The van der Waals surface area contributed by atoms with Crippen molar-refractivity contribution in [2.24, 2.45) is 0 Å². The number of carboxylic acid groups (broad SMARTS) is 1. The summed E-state index contributed by atoms with van der Waals surface area (Å²) >= 11 is 0. The Morgan fingerprint density at radius 2 is 1.85 bits per heavy atom. The molecule has 0 aliphatic carbocycles. The summed E-state index contributed by atoms with van der Waals surface area (Å²) in [6.45, 7) is 2.58. The number of rotatable bonds is 9. The number of hydrogen-bond acceptors (Lipinski definition) is 4. The van der Waals surface area contributed by atoms with Gasteiger partial charge in [-0.1, -0.05) is 12.1 Å². The maximum atomic E-state index is 11.5. The molecule has 1 amide bonds. The number of carbonyl (C=O) groups excluding carboxylic acids is 1. The van der Waals surface area contributed by atoms with Crippen molar-refractivity contribution in [2.45, 2.75) is 19.8 Å². The summed E-state index contributed by atoms with van der Waals surface area (Å²) in [7, 11) is 0. The minimum Gasteiger partial charge on any atom is -0.490 e. The second-order valence-corrected chi connectivity index (χ2v) is 4.02. The fourth-order valence-corrected chi connectivity index (χ4v) is 1.51. The summed E-state index contributed by atoms with van der Waals surface area (Å²) in [5.74, 6) is -0.0634. The van der Waals surface area contributed by atoms with Crippen molar-refractivity contribution in [1.82, 2.24) is 5.32 Å². The fraction of sp³-hybridized carbons (Fsp3) is 0.429. The molecule has 2 N–H and O–H groups in total. The Kier molecular flexibility index (Phi) is 6.95. The molecule has 0 radical (unpaired) electrons. The van der Waals surface area contributed by atoms with E-state index in [1.54, 1.807) is 18.2 Å². The van der Waals surface area contributed by atoms with Crippen LogP contribution < -0.4 is 14.8 Å². The van der Waals surface area contributed by atoms with Gasteiger partial charge in [0.15, 0.2) is 18.1 Å². The van der Waals surface area contributed by atoms with Gasteiger partial charge in [0.2, 0.25) is 0 Å². The van der Waals surface area contributed by atoms with Crippen molar-refractivity contribution < 1.29 is 24.2 Å². The van der Waals surface area contributed by atoms with Gasteiger partial charge in [-0.15, -0.1) is 0 Å². The van der Waals surface area contributed by atoms with Crippen molar-refractivity contribution in [1.29, 1.82) is 0 Å². The highest BCUT2D eigenvalue weighted by Gasteiger charge is 2.07. The molecule has 0 aliphatic rings. The molecule has 6 nitrogen and oxygen atoms in total. The number of hydrogen-bond donors (Lipinski definition) is 2. The molecule has 110 valence electrons. The van der Waals surface area contributed by atoms with Crippen molar-refractivity contribution in [2.75, 3.05) is 19.8 Å². The van der Waals surface area contributed by atoms with Gasteiger partial charge in [0.05, 0.1) is 6.61 Å².